The molecule has 2 nitrogen and oxygen atoms in total. The monoisotopic (exact) mass is 212 g/mol. The van der Waals surface area contributed by atoms with Crippen LogP contribution in [0.5, 0.6) is 0 Å². The van der Waals surface area contributed by atoms with Crippen molar-refractivity contribution in [1.29, 1.82) is 0 Å². The Morgan fingerprint density at radius 2 is 1.31 bits per heavy atom. The van der Waals surface area contributed by atoms with Crippen LogP contribution >= 0.6 is 0 Å². The molecule has 80 valence electrons. The van der Waals surface area contributed by atoms with Gasteiger partial charge in [-0.25, -0.2) is 9.78 Å². The fourth-order valence-corrected chi connectivity index (χ4v) is 3.09. The Balaban J connectivity index is 1.94. The van der Waals surface area contributed by atoms with Crippen LogP contribution in [-0.4, -0.2) is 13.2 Å². The number of allylic oxidation sites excluding steroid dienone is 2. The van der Waals surface area contributed by atoms with E-state index in [1.165, 1.54) is 22.3 Å². The minimum Gasteiger partial charge on any atom is -0.232 e. The van der Waals surface area contributed by atoms with Crippen molar-refractivity contribution in [2.75, 3.05) is 13.2 Å². The van der Waals surface area contributed by atoms with Crippen LogP contribution in [-0.2, 0) is 9.78 Å². The predicted octanol–water partition coefficient (Wildman–Crippen LogP) is 2.70. The van der Waals surface area contributed by atoms with Crippen LogP contribution in [0.3, 0.4) is 0 Å². The minimum absolute atomic E-state index is 0.417. The maximum absolute atomic E-state index is 5.11. The van der Waals surface area contributed by atoms with Gasteiger partial charge in [-0.3, -0.25) is 0 Å². The molecule has 0 radical (unpaired) electrons. The molecule has 0 fully saturated rings. The first kappa shape index (κ1) is 8.74. The summed E-state index contributed by atoms with van der Waals surface area (Å²) in [5, 5.41) is 0. The lowest BCUT2D eigenvalue weighted by Gasteiger charge is -2.39. The highest BCUT2D eigenvalue weighted by Crippen LogP contribution is 2.49. The fraction of sp³-hybridized carbons (Fsp3) is 0.286. The topological polar surface area (TPSA) is 18.5 Å². The molecule has 2 unspecified atom stereocenters. The third-order valence-corrected chi connectivity index (χ3v) is 3.84. The first-order chi connectivity index (χ1) is 7.95. The van der Waals surface area contributed by atoms with E-state index in [0.717, 1.165) is 0 Å². The third-order valence-electron chi connectivity index (χ3n) is 3.84. The maximum atomic E-state index is 5.11. The largest absolute Gasteiger partial charge is 0.232 e. The van der Waals surface area contributed by atoms with E-state index in [0.29, 0.717) is 25.0 Å². The molecule has 1 aliphatic heterocycles. The quantitative estimate of drug-likeness (QED) is 0.486. The van der Waals surface area contributed by atoms with Crippen molar-refractivity contribution in [3.05, 3.63) is 58.7 Å². The molecule has 1 aromatic rings. The molecule has 2 bridgehead atoms. The Kier molecular flexibility index (Phi) is 1.67. The molecule has 0 N–H and O–H groups in total. The molecule has 4 aliphatic rings. The smallest absolute Gasteiger partial charge is 0.105 e. The van der Waals surface area contributed by atoms with Crippen molar-refractivity contribution >= 4 is 0 Å². The van der Waals surface area contributed by atoms with Crippen molar-refractivity contribution in [3.8, 4) is 0 Å². The predicted molar refractivity (Wildman–Crippen MR) is 60.0 cm³/mol. The highest BCUT2D eigenvalue weighted by atomic mass is 17.2. The summed E-state index contributed by atoms with van der Waals surface area (Å²) < 4.78 is 0. The lowest BCUT2D eigenvalue weighted by atomic mass is 9.68. The van der Waals surface area contributed by atoms with Crippen molar-refractivity contribution in [3.63, 3.8) is 0 Å². The molecule has 0 saturated carbocycles. The lowest BCUT2D eigenvalue weighted by molar-refractivity contribution is -0.290. The van der Waals surface area contributed by atoms with Gasteiger partial charge in [0.1, 0.15) is 13.2 Å². The molecule has 2 heteroatoms. The molecule has 3 aliphatic carbocycles. The number of hydrogen-bond acceptors (Lipinski definition) is 2. The maximum Gasteiger partial charge on any atom is 0.105 e. The van der Waals surface area contributed by atoms with Gasteiger partial charge in [-0.2, -0.15) is 0 Å². The second-order valence-corrected chi connectivity index (χ2v) is 4.54. The summed E-state index contributed by atoms with van der Waals surface area (Å²) in [5.41, 5.74) is 5.72. The van der Waals surface area contributed by atoms with Crippen molar-refractivity contribution in [2.45, 2.75) is 11.8 Å². The zero-order valence-electron chi connectivity index (χ0n) is 8.85. The molecule has 16 heavy (non-hydrogen) atoms. The standard InChI is InChI=1S/C14H12O2/c1-2-4-10-9(3-1)11-5-6-12(10)14-8-16-15-7-13(11)14/h1-6,11-12H,7-8H2. The van der Waals surface area contributed by atoms with Gasteiger partial charge >= 0.3 is 0 Å². The third kappa shape index (κ3) is 0.984. The van der Waals surface area contributed by atoms with Crippen molar-refractivity contribution in [2.24, 2.45) is 0 Å². The summed E-state index contributed by atoms with van der Waals surface area (Å²) >= 11 is 0. The van der Waals surface area contributed by atoms with Crippen LogP contribution in [0.15, 0.2) is 47.6 Å². The average molecular weight is 212 g/mol. The summed E-state index contributed by atoms with van der Waals surface area (Å²) in [6, 6.07) is 8.70. The van der Waals surface area contributed by atoms with E-state index >= 15 is 0 Å². The Hall–Kier alpha value is -1.38. The van der Waals surface area contributed by atoms with Crippen molar-refractivity contribution < 1.29 is 9.78 Å². The fourth-order valence-electron chi connectivity index (χ4n) is 3.09. The zero-order valence-corrected chi connectivity index (χ0v) is 8.85. The molecular formula is C14H12O2. The highest BCUT2D eigenvalue weighted by Gasteiger charge is 2.37. The van der Waals surface area contributed by atoms with Gasteiger partial charge in [-0.15, -0.1) is 0 Å². The Morgan fingerprint density at radius 1 is 0.812 bits per heavy atom. The summed E-state index contributed by atoms with van der Waals surface area (Å²) in [7, 11) is 0. The first-order valence-electron chi connectivity index (χ1n) is 5.68. The van der Waals surface area contributed by atoms with Gasteiger partial charge < -0.3 is 0 Å². The van der Waals surface area contributed by atoms with Gasteiger partial charge in [-0.1, -0.05) is 36.4 Å². The van der Waals surface area contributed by atoms with Gasteiger partial charge in [0.2, 0.25) is 0 Å². The number of hydrogen-bond donors (Lipinski definition) is 0. The average Bonchev–Trinajstić information content (AvgIpc) is 2.40. The molecule has 2 atom stereocenters. The zero-order chi connectivity index (χ0) is 10.5. The van der Waals surface area contributed by atoms with Gasteiger partial charge in [-0.05, 0) is 22.3 Å². The van der Waals surface area contributed by atoms with Crippen LogP contribution in [0.2, 0.25) is 0 Å². The molecule has 0 spiro atoms. The molecule has 0 aromatic heterocycles. The Bertz CT molecular complexity index is 468. The van der Waals surface area contributed by atoms with Crippen LogP contribution < -0.4 is 0 Å². The van der Waals surface area contributed by atoms with E-state index in [2.05, 4.69) is 36.4 Å². The van der Waals surface area contributed by atoms with E-state index < -0.39 is 0 Å². The van der Waals surface area contributed by atoms with Crippen molar-refractivity contribution in [1.82, 2.24) is 0 Å². The second-order valence-electron chi connectivity index (χ2n) is 4.54. The lowest BCUT2D eigenvalue weighted by Crippen LogP contribution is -2.29. The van der Waals surface area contributed by atoms with E-state index in [4.69, 9.17) is 9.78 Å². The van der Waals surface area contributed by atoms with E-state index in [1.54, 1.807) is 0 Å². The number of benzene rings is 1. The van der Waals surface area contributed by atoms with Crippen LogP contribution in [0.1, 0.15) is 23.0 Å². The second kappa shape index (κ2) is 3.06. The normalized spacial score (nSPS) is 30.2. The summed E-state index contributed by atoms with van der Waals surface area (Å²) in [5.74, 6) is 0.834. The van der Waals surface area contributed by atoms with E-state index in [-0.39, 0.29) is 0 Å². The van der Waals surface area contributed by atoms with Gasteiger partial charge in [0, 0.05) is 11.8 Å². The molecule has 0 saturated heterocycles. The van der Waals surface area contributed by atoms with Gasteiger partial charge in [0.15, 0.2) is 0 Å². The molecule has 0 amide bonds. The first-order valence-corrected chi connectivity index (χ1v) is 5.68. The highest BCUT2D eigenvalue weighted by molar-refractivity contribution is 5.57. The molecule has 5 rings (SSSR count). The van der Waals surface area contributed by atoms with Crippen LogP contribution in [0.4, 0.5) is 0 Å². The van der Waals surface area contributed by atoms with Crippen LogP contribution in [0, 0.1) is 0 Å². The van der Waals surface area contributed by atoms with E-state index in [1.807, 2.05) is 0 Å². The van der Waals surface area contributed by atoms with Crippen LogP contribution in [0.25, 0.3) is 0 Å². The van der Waals surface area contributed by atoms with E-state index in [9.17, 15) is 0 Å². The molecule has 1 heterocycles. The number of rotatable bonds is 0. The summed E-state index contributed by atoms with van der Waals surface area (Å²) in [6.07, 6.45) is 4.61. The SMILES string of the molecule is C1=CC2C3=C(COOC3)C1c1ccccc12. The van der Waals surface area contributed by atoms with Gasteiger partial charge in [0.25, 0.3) is 0 Å². The van der Waals surface area contributed by atoms with Gasteiger partial charge in [0.05, 0.1) is 0 Å². The Labute approximate surface area is 94.1 Å². The minimum atomic E-state index is 0.417. The molecule has 1 aromatic carbocycles. The summed E-state index contributed by atoms with van der Waals surface area (Å²) in [6.45, 7) is 1.24. The molecular weight excluding hydrogens is 200 g/mol. The Morgan fingerprint density at radius 3 is 1.81 bits per heavy atom. The summed E-state index contributed by atoms with van der Waals surface area (Å²) in [4.78, 5) is 10.2.